The van der Waals surface area contributed by atoms with E-state index >= 15 is 0 Å². The van der Waals surface area contributed by atoms with Gasteiger partial charge in [-0.1, -0.05) is 50.2 Å². The number of ether oxygens (including phenoxy) is 3. The lowest BCUT2D eigenvalue weighted by molar-refractivity contribution is -0.140. The Balaban J connectivity index is 1.17. The van der Waals surface area contributed by atoms with Gasteiger partial charge < -0.3 is 40.2 Å². The van der Waals surface area contributed by atoms with E-state index in [0.29, 0.717) is 37.1 Å². The van der Waals surface area contributed by atoms with Crippen molar-refractivity contribution in [3.05, 3.63) is 82.9 Å². The molecule has 15 nitrogen and oxygen atoms in total. The highest BCUT2D eigenvalue weighted by Gasteiger charge is 2.39. The zero-order valence-electron chi connectivity index (χ0n) is 32.3. The van der Waals surface area contributed by atoms with Crippen LogP contribution < -0.4 is 25.6 Å². The molecule has 0 saturated carbocycles. The lowest BCUT2D eigenvalue weighted by Gasteiger charge is -2.36. The van der Waals surface area contributed by atoms with E-state index in [1.807, 2.05) is 24.3 Å². The van der Waals surface area contributed by atoms with Gasteiger partial charge in [0.25, 0.3) is 5.91 Å². The Morgan fingerprint density at radius 1 is 0.893 bits per heavy atom. The van der Waals surface area contributed by atoms with E-state index in [1.165, 1.54) is 38.2 Å². The van der Waals surface area contributed by atoms with Crippen molar-refractivity contribution < 1.29 is 48.1 Å². The maximum atomic E-state index is 13.9. The maximum Gasteiger partial charge on any atom is 0.414 e. The number of fused-ring (bicyclic) bond motifs is 3. The zero-order chi connectivity index (χ0) is 40.5. The molecule has 2 heterocycles. The number of nitrogens with one attached hydrogen (secondary N) is 3. The van der Waals surface area contributed by atoms with E-state index in [2.05, 4.69) is 20.7 Å². The first kappa shape index (κ1) is 41.1. The number of nitrogens with zero attached hydrogens (tertiary/aromatic N) is 2. The van der Waals surface area contributed by atoms with Crippen LogP contribution in [0.5, 0.6) is 11.5 Å². The van der Waals surface area contributed by atoms with E-state index in [-0.39, 0.29) is 78.5 Å². The van der Waals surface area contributed by atoms with Crippen LogP contribution in [0.1, 0.15) is 73.5 Å². The van der Waals surface area contributed by atoms with Crippen molar-refractivity contribution in [2.75, 3.05) is 31.0 Å². The number of hydrogen-bond donors (Lipinski definition) is 4. The summed E-state index contributed by atoms with van der Waals surface area (Å²) in [5.41, 5.74) is 3.60. The minimum Gasteiger partial charge on any atom is -0.504 e. The molecule has 0 bridgehead atoms. The second-order valence-electron chi connectivity index (χ2n) is 14.3. The fraction of sp³-hybridized carbons (Fsp3) is 0.415. The summed E-state index contributed by atoms with van der Waals surface area (Å²) in [6, 6.07) is 15.1. The first-order valence-corrected chi connectivity index (χ1v) is 18.6. The number of aromatic hydroxyl groups is 1. The lowest BCUT2D eigenvalue weighted by atomic mass is 9.93. The number of amides is 5. The fourth-order valence-electron chi connectivity index (χ4n) is 6.70. The molecule has 3 aromatic carbocycles. The molecule has 5 rings (SSSR count). The molecule has 15 heteroatoms. The molecule has 2 aliphatic rings. The third-order valence-electron chi connectivity index (χ3n) is 9.91. The quantitative estimate of drug-likeness (QED) is 0.135. The molecule has 0 unspecified atom stereocenters. The summed E-state index contributed by atoms with van der Waals surface area (Å²) >= 11 is 0. The van der Waals surface area contributed by atoms with Crippen LogP contribution in [-0.2, 0) is 48.2 Å². The van der Waals surface area contributed by atoms with Crippen LogP contribution in [0, 0.1) is 5.92 Å². The van der Waals surface area contributed by atoms with Gasteiger partial charge in [-0.15, -0.1) is 0 Å². The molecule has 5 amide bonds. The Hall–Kier alpha value is -6.12. The number of methoxy groups -OCH3 is 2. The Kier molecular flexibility index (Phi) is 13.5. The zero-order valence-corrected chi connectivity index (χ0v) is 32.3. The van der Waals surface area contributed by atoms with Crippen LogP contribution in [0.3, 0.4) is 0 Å². The van der Waals surface area contributed by atoms with Crippen LogP contribution in [0.25, 0.3) is 0 Å². The van der Waals surface area contributed by atoms with Gasteiger partial charge in [0, 0.05) is 31.1 Å². The van der Waals surface area contributed by atoms with E-state index in [4.69, 9.17) is 9.47 Å². The predicted octanol–water partition coefficient (Wildman–Crippen LogP) is 4.44. The maximum absolute atomic E-state index is 13.9. The largest absolute Gasteiger partial charge is 0.504 e. The van der Waals surface area contributed by atoms with Gasteiger partial charge in [-0.05, 0) is 67.0 Å². The van der Waals surface area contributed by atoms with Crippen molar-refractivity contribution in [3.8, 4) is 11.5 Å². The highest BCUT2D eigenvalue weighted by molar-refractivity contribution is 6.06. The number of phenols is 1. The van der Waals surface area contributed by atoms with Gasteiger partial charge in [-0.25, -0.2) is 4.79 Å². The van der Waals surface area contributed by atoms with Crippen LogP contribution >= 0.6 is 0 Å². The second-order valence-corrected chi connectivity index (χ2v) is 14.3. The van der Waals surface area contributed by atoms with Crippen molar-refractivity contribution in [3.63, 3.8) is 0 Å². The number of benzene rings is 3. The van der Waals surface area contributed by atoms with Crippen LogP contribution in [-0.4, -0.2) is 84.6 Å². The Labute approximate surface area is 325 Å². The van der Waals surface area contributed by atoms with Gasteiger partial charge in [-0.2, -0.15) is 0 Å². The first-order chi connectivity index (χ1) is 26.8. The van der Waals surface area contributed by atoms with Crippen molar-refractivity contribution in [1.82, 2.24) is 15.5 Å². The topological polar surface area (TPSA) is 193 Å². The number of carbonyl (C=O) groups excluding carboxylic acids is 6. The van der Waals surface area contributed by atoms with Gasteiger partial charge >= 0.3 is 12.1 Å². The standard InChI is InChI=1S/C41H49N5O10/c1-24(2)37(44-35(48)12-8-9-13-36(49)55-5)39(51)42-25(3)38(50)43-29-16-14-26(15-17-29)23-56-41(53)46-22-30-18-27-10-6-7-11-28(27)21-45(30)40(52)31-19-34(54-4)33(47)20-32(31)46/h6-7,10-11,14-17,19-20,24-25,30,37,47H,8-9,12-13,18,21-23H2,1-5H3,(H,42,51)(H,43,50)(H,44,48)/t25-,30-,37-/m0/s1. The molecule has 0 fully saturated rings. The molecule has 2 aliphatic heterocycles. The first-order valence-electron chi connectivity index (χ1n) is 18.6. The summed E-state index contributed by atoms with van der Waals surface area (Å²) in [5.74, 6) is -2.33. The van der Waals surface area contributed by atoms with Crippen LogP contribution in [0.15, 0.2) is 60.7 Å². The smallest absolute Gasteiger partial charge is 0.414 e. The molecular weight excluding hydrogens is 722 g/mol. The highest BCUT2D eigenvalue weighted by Crippen LogP contribution is 2.39. The third-order valence-corrected chi connectivity index (χ3v) is 9.91. The summed E-state index contributed by atoms with van der Waals surface area (Å²) in [6.45, 7) is 5.49. The Bertz CT molecular complexity index is 1950. The molecule has 0 aromatic heterocycles. The van der Waals surface area contributed by atoms with Crippen molar-refractivity contribution >= 4 is 47.1 Å². The van der Waals surface area contributed by atoms with Gasteiger partial charge in [-0.3, -0.25) is 28.9 Å². The SMILES string of the molecule is COC(=O)CCCCC(=O)N[C@H](C(=O)N[C@@H](C)C(=O)Nc1ccc(COC(=O)N2C[C@@H]3Cc4ccccc4CN3C(=O)c3cc(OC)c(O)cc32)cc1)C(C)C. The summed E-state index contributed by atoms with van der Waals surface area (Å²) in [4.78, 5) is 80.6. The summed E-state index contributed by atoms with van der Waals surface area (Å²) in [5, 5.41) is 18.8. The van der Waals surface area contributed by atoms with Crippen LogP contribution in [0.4, 0.5) is 16.2 Å². The van der Waals surface area contributed by atoms with Crippen molar-refractivity contribution in [1.29, 1.82) is 0 Å². The molecule has 0 saturated heterocycles. The molecule has 0 radical (unpaired) electrons. The second kappa shape index (κ2) is 18.5. The minimum absolute atomic E-state index is 0.107. The molecule has 0 aliphatic carbocycles. The summed E-state index contributed by atoms with van der Waals surface area (Å²) < 4.78 is 15.6. The normalized spacial score (nSPS) is 15.6. The van der Waals surface area contributed by atoms with Gasteiger partial charge in [0.1, 0.15) is 18.7 Å². The molecule has 298 valence electrons. The van der Waals surface area contributed by atoms with Gasteiger partial charge in [0.2, 0.25) is 17.7 Å². The molecule has 3 atom stereocenters. The van der Waals surface area contributed by atoms with Crippen molar-refractivity contribution in [2.45, 2.75) is 84.2 Å². The number of unbranched alkanes of at least 4 members (excludes halogenated alkanes) is 1. The average Bonchev–Trinajstić information content (AvgIpc) is 3.29. The Morgan fingerprint density at radius 3 is 2.27 bits per heavy atom. The molecule has 0 spiro atoms. The molecular formula is C41H49N5O10. The van der Waals surface area contributed by atoms with Gasteiger partial charge in [0.15, 0.2) is 11.5 Å². The number of carbonyl (C=O) groups is 6. The average molecular weight is 772 g/mol. The monoisotopic (exact) mass is 771 g/mol. The van der Waals surface area contributed by atoms with Crippen molar-refractivity contribution in [2.24, 2.45) is 5.92 Å². The van der Waals surface area contributed by atoms with E-state index in [9.17, 15) is 33.9 Å². The number of esters is 1. The lowest BCUT2D eigenvalue weighted by Crippen LogP contribution is -2.53. The predicted molar refractivity (Wildman–Crippen MR) is 206 cm³/mol. The van der Waals surface area contributed by atoms with E-state index in [1.54, 1.807) is 43.0 Å². The number of phenolic OH excluding ortho intramolecular Hbond substituents is 1. The number of rotatable bonds is 14. The molecule has 56 heavy (non-hydrogen) atoms. The number of hydrogen-bond acceptors (Lipinski definition) is 10. The highest BCUT2D eigenvalue weighted by atomic mass is 16.6. The van der Waals surface area contributed by atoms with Crippen LogP contribution in [0.2, 0.25) is 0 Å². The Morgan fingerprint density at radius 2 is 1.59 bits per heavy atom. The molecule has 4 N–H and O–H groups in total. The summed E-state index contributed by atoms with van der Waals surface area (Å²) in [7, 11) is 2.69. The summed E-state index contributed by atoms with van der Waals surface area (Å²) in [6.07, 6.45) is 1.11. The third kappa shape index (κ3) is 9.94. The fourth-order valence-corrected chi connectivity index (χ4v) is 6.70. The molecule has 3 aromatic rings. The van der Waals surface area contributed by atoms with Gasteiger partial charge in [0.05, 0.1) is 38.1 Å². The van der Waals surface area contributed by atoms with E-state index in [0.717, 1.165) is 11.1 Å². The van der Waals surface area contributed by atoms with E-state index < -0.39 is 30.0 Å². The number of anilines is 2. The minimum atomic E-state index is -0.933.